The van der Waals surface area contributed by atoms with Gasteiger partial charge in [0, 0.05) is 12.6 Å². The highest BCUT2D eigenvalue weighted by Crippen LogP contribution is 2.33. The second kappa shape index (κ2) is 3.75. The molecule has 2 atom stereocenters. The van der Waals surface area contributed by atoms with Crippen molar-refractivity contribution in [3.05, 3.63) is 0 Å². The van der Waals surface area contributed by atoms with E-state index in [4.69, 9.17) is 5.11 Å². The third-order valence-corrected chi connectivity index (χ3v) is 2.19. The molecule has 11 heavy (non-hydrogen) atoms. The Morgan fingerprint density at radius 3 is 2.82 bits per heavy atom. The molecular weight excluding hydrogens is 138 g/mol. The number of hydrogen-bond acceptors (Lipinski definition) is 2. The summed E-state index contributed by atoms with van der Waals surface area (Å²) in [6, 6.07) is 0.584. The Labute approximate surface area is 68.2 Å². The molecule has 2 heteroatoms. The average molecular weight is 153 g/mol. The third-order valence-electron chi connectivity index (χ3n) is 2.19. The van der Waals surface area contributed by atoms with Gasteiger partial charge in [0.2, 0.25) is 0 Å². The van der Waals surface area contributed by atoms with Crippen LogP contribution >= 0.6 is 0 Å². The lowest BCUT2D eigenvalue weighted by Crippen LogP contribution is -2.23. The molecule has 0 heterocycles. The lowest BCUT2D eigenvalue weighted by atomic mass is 10.4. The lowest BCUT2D eigenvalue weighted by Gasteiger charge is -2.11. The number of aliphatic hydroxyl groups is 1. The highest BCUT2D eigenvalue weighted by atomic mass is 16.3. The van der Waals surface area contributed by atoms with Gasteiger partial charge in [0.05, 0.1) is 6.54 Å². The van der Waals surface area contributed by atoms with Crippen LogP contribution < -0.4 is 0 Å². The predicted octanol–water partition coefficient (Wildman–Crippen LogP) is 0.322. The van der Waals surface area contributed by atoms with E-state index in [1.165, 1.54) is 0 Å². The summed E-state index contributed by atoms with van der Waals surface area (Å²) in [6.07, 6.45) is 1.14. The summed E-state index contributed by atoms with van der Waals surface area (Å²) in [5.74, 6) is 6.38. The first kappa shape index (κ1) is 8.58. The van der Waals surface area contributed by atoms with Crippen LogP contribution in [0, 0.1) is 17.8 Å². The van der Waals surface area contributed by atoms with E-state index in [9.17, 15) is 0 Å². The van der Waals surface area contributed by atoms with Crippen molar-refractivity contribution in [1.82, 2.24) is 4.90 Å². The Bertz CT molecular complexity index is 180. The highest BCUT2D eigenvalue weighted by molar-refractivity contribution is 5.02. The predicted molar refractivity (Wildman–Crippen MR) is 45.1 cm³/mol. The van der Waals surface area contributed by atoms with Gasteiger partial charge < -0.3 is 5.11 Å². The molecule has 0 amide bonds. The van der Waals surface area contributed by atoms with E-state index < -0.39 is 0 Å². The van der Waals surface area contributed by atoms with Crippen molar-refractivity contribution in [2.75, 3.05) is 20.2 Å². The minimum absolute atomic E-state index is 0.328. The van der Waals surface area contributed by atoms with Gasteiger partial charge in [0.25, 0.3) is 0 Å². The van der Waals surface area contributed by atoms with Gasteiger partial charge in [0.1, 0.15) is 0 Å². The SMILES string of the molecule is CC#CCN(C)C1CC1CO. The summed E-state index contributed by atoms with van der Waals surface area (Å²) in [7, 11) is 2.06. The molecule has 0 bridgehead atoms. The molecule has 0 aromatic rings. The van der Waals surface area contributed by atoms with Crippen LogP contribution in [-0.2, 0) is 0 Å². The van der Waals surface area contributed by atoms with Crippen molar-refractivity contribution in [1.29, 1.82) is 0 Å². The van der Waals surface area contributed by atoms with Crippen LogP contribution in [0.5, 0.6) is 0 Å². The largest absolute Gasteiger partial charge is 0.396 e. The molecule has 2 unspecified atom stereocenters. The first-order chi connectivity index (χ1) is 5.29. The van der Waals surface area contributed by atoms with E-state index in [0.29, 0.717) is 18.6 Å². The number of aliphatic hydroxyl groups excluding tert-OH is 1. The fraction of sp³-hybridized carbons (Fsp3) is 0.778. The first-order valence-electron chi connectivity index (χ1n) is 4.00. The van der Waals surface area contributed by atoms with Crippen LogP contribution in [0.4, 0.5) is 0 Å². The molecule has 1 N–H and O–H groups in total. The molecule has 0 spiro atoms. The Morgan fingerprint density at radius 2 is 2.36 bits per heavy atom. The quantitative estimate of drug-likeness (QED) is 0.590. The van der Waals surface area contributed by atoms with Crippen LogP contribution in [0.2, 0.25) is 0 Å². The molecule has 62 valence electrons. The van der Waals surface area contributed by atoms with Gasteiger partial charge in [-0.05, 0) is 26.3 Å². The van der Waals surface area contributed by atoms with Gasteiger partial charge in [0.15, 0.2) is 0 Å². The second-order valence-electron chi connectivity index (χ2n) is 3.09. The minimum Gasteiger partial charge on any atom is -0.396 e. The highest BCUT2D eigenvalue weighted by Gasteiger charge is 2.38. The second-order valence-corrected chi connectivity index (χ2v) is 3.09. The van der Waals surface area contributed by atoms with E-state index in [1.54, 1.807) is 0 Å². The minimum atomic E-state index is 0.328. The summed E-state index contributed by atoms with van der Waals surface area (Å²) in [4.78, 5) is 2.21. The first-order valence-corrected chi connectivity index (χ1v) is 4.00. The van der Waals surface area contributed by atoms with Crippen LogP contribution in [0.25, 0.3) is 0 Å². The van der Waals surface area contributed by atoms with Gasteiger partial charge in [-0.15, -0.1) is 5.92 Å². The molecular formula is C9H15NO. The Hall–Kier alpha value is -0.520. The Balaban J connectivity index is 2.20. The van der Waals surface area contributed by atoms with E-state index in [2.05, 4.69) is 23.8 Å². The summed E-state index contributed by atoms with van der Waals surface area (Å²) in [6.45, 7) is 3.01. The molecule has 2 nitrogen and oxygen atoms in total. The van der Waals surface area contributed by atoms with Crippen LogP contribution in [0.15, 0.2) is 0 Å². The maximum atomic E-state index is 8.79. The zero-order valence-corrected chi connectivity index (χ0v) is 7.17. The van der Waals surface area contributed by atoms with Crippen molar-refractivity contribution >= 4 is 0 Å². The summed E-state index contributed by atoms with van der Waals surface area (Å²) < 4.78 is 0. The fourth-order valence-corrected chi connectivity index (χ4v) is 1.29. The maximum Gasteiger partial charge on any atom is 0.0601 e. The van der Waals surface area contributed by atoms with E-state index in [1.807, 2.05) is 6.92 Å². The molecule has 1 saturated carbocycles. The maximum absolute atomic E-state index is 8.79. The smallest absolute Gasteiger partial charge is 0.0601 e. The van der Waals surface area contributed by atoms with Gasteiger partial charge in [-0.25, -0.2) is 0 Å². The van der Waals surface area contributed by atoms with Crippen LogP contribution in [0.3, 0.4) is 0 Å². The third kappa shape index (κ3) is 2.21. The van der Waals surface area contributed by atoms with Crippen molar-refractivity contribution in [3.63, 3.8) is 0 Å². The van der Waals surface area contributed by atoms with Crippen LogP contribution in [0.1, 0.15) is 13.3 Å². The van der Waals surface area contributed by atoms with Crippen molar-refractivity contribution in [2.24, 2.45) is 5.92 Å². The van der Waals surface area contributed by atoms with Crippen LogP contribution in [-0.4, -0.2) is 36.2 Å². The number of hydrogen-bond donors (Lipinski definition) is 1. The van der Waals surface area contributed by atoms with Crippen molar-refractivity contribution < 1.29 is 5.11 Å². The van der Waals surface area contributed by atoms with Crippen molar-refractivity contribution in [2.45, 2.75) is 19.4 Å². The summed E-state index contributed by atoms with van der Waals surface area (Å²) >= 11 is 0. The topological polar surface area (TPSA) is 23.5 Å². The van der Waals surface area contributed by atoms with Gasteiger partial charge in [-0.1, -0.05) is 5.92 Å². The Kier molecular flexibility index (Phi) is 2.92. The van der Waals surface area contributed by atoms with Gasteiger partial charge in [-0.2, -0.15) is 0 Å². The normalized spacial score (nSPS) is 28.0. The number of nitrogens with zero attached hydrogens (tertiary/aromatic N) is 1. The number of rotatable bonds is 3. The zero-order valence-electron chi connectivity index (χ0n) is 7.17. The molecule has 0 aliphatic heterocycles. The van der Waals surface area contributed by atoms with Crippen molar-refractivity contribution in [3.8, 4) is 11.8 Å². The monoisotopic (exact) mass is 153 g/mol. The lowest BCUT2D eigenvalue weighted by molar-refractivity contribution is 0.248. The van der Waals surface area contributed by atoms with E-state index >= 15 is 0 Å². The molecule has 0 aromatic heterocycles. The Morgan fingerprint density at radius 1 is 1.64 bits per heavy atom. The molecule has 0 aromatic carbocycles. The van der Waals surface area contributed by atoms with E-state index in [0.717, 1.165) is 13.0 Å². The average Bonchev–Trinajstić information content (AvgIpc) is 2.78. The van der Waals surface area contributed by atoms with Gasteiger partial charge >= 0.3 is 0 Å². The molecule has 0 saturated heterocycles. The summed E-state index contributed by atoms with van der Waals surface area (Å²) in [5, 5.41) is 8.79. The molecule has 1 fully saturated rings. The molecule has 0 radical (unpaired) electrons. The molecule has 1 aliphatic carbocycles. The standard InChI is InChI=1S/C9H15NO/c1-3-4-5-10(2)9-6-8(9)7-11/h8-9,11H,5-7H2,1-2H3. The van der Waals surface area contributed by atoms with E-state index in [-0.39, 0.29) is 0 Å². The summed E-state index contributed by atoms with van der Waals surface area (Å²) in [5.41, 5.74) is 0. The van der Waals surface area contributed by atoms with Gasteiger partial charge in [-0.3, -0.25) is 4.90 Å². The molecule has 1 rings (SSSR count). The molecule has 1 aliphatic rings. The zero-order chi connectivity index (χ0) is 8.27. The fourth-order valence-electron chi connectivity index (χ4n) is 1.29.